The van der Waals surface area contributed by atoms with Gasteiger partial charge in [-0.15, -0.1) is 0 Å². The van der Waals surface area contributed by atoms with Crippen LogP contribution in [-0.4, -0.2) is 49.0 Å². The molecule has 0 atom stereocenters. The van der Waals surface area contributed by atoms with E-state index in [1.807, 2.05) is 0 Å². The van der Waals surface area contributed by atoms with Crippen molar-refractivity contribution in [1.29, 1.82) is 0 Å². The first-order valence-electron chi connectivity index (χ1n) is 7.55. The third-order valence-electron chi connectivity index (χ3n) is 3.26. The summed E-state index contributed by atoms with van der Waals surface area (Å²) in [6, 6.07) is 3.37. The largest absolute Gasteiger partial charge is 0.493 e. The van der Waals surface area contributed by atoms with Crippen molar-refractivity contribution >= 4 is 17.6 Å². The lowest BCUT2D eigenvalue weighted by molar-refractivity contribution is -0.141. The molecule has 0 bridgehead atoms. The lowest BCUT2D eigenvalue weighted by atomic mass is 10.2. The van der Waals surface area contributed by atoms with Gasteiger partial charge in [-0.1, -0.05) is 0 Å². The second-order valence-electron chi connectivity index (χ2n) is 5.13. The van der Waals surface area contributed by atoms with E-state index in [0.29, 0.717) is 6.07 Å². The van der Waals surface area contributed by atoms with Gasteiger partial charge < -0.3 is 29.4 Å². The molecule has 0 aliphatic heterocycles. The zero-order valence-electron chi connectivity index (χ0n) is 15.0. The Kier molecular flexibility index (Phi) is 6.33. The van der Waals surface area contributed by atoms with Crippen molar-refractivity contribution in [1.82, 2.24) is 9.97 Å². The number of aliphatic carboxylic acids is 1. The molecule has 0 saturated heterocycles. The van der Waals surface area contributed by atoms with Crippen molar-refractivity contribution in [2.75, 3.05) is 33.3 Å². The number of hydrogen-bond donors (Lipinski definition) is 2. The van der Waals surface area contributed by atoms with Crippen molar-refractivity contribution in [2.24, 2.45) is 0 Å². The smallest absolute Gasteiger partial charge is 0.433 e. The van der Waals surface area contributed by atoms with Crippen LogP contribution in [0.15, 0.2) is 18.2 Å². The van der Waals surface area contributed by atoms with Gasteiger partial charge in [0.2, 0.25) is 17.6 Å². The highest BCUT2D eigenvalue weighted by molar-refractivity contribution is 5.68. The Morgan fingerprint density at radius 1 is 1.07 bits per heavy atom. The van der Waals surface area contributed by atoms with Crippen LogP contribution in [0.5, 0.6) is 23.1 Å². The molecule has 2 rings (SSSR count). The molecule has 1 aromatic heterocycles. The highest BCUT2D eigenvalue weighted by Gasteiger charge is 2.34. The fraction of sp³-hybridized carbons (Fsp3) is 0.312. The molecule has 1 aromatic carbocycles. The number of aromatic nitrogens is 2. The number of carbonyl (C=O) groups is 1. The van der Waals surface area contributed by atoms with E-state index in [2.05, 4.69) is 15.3 Å². The summed E-state index contributed by atoms with van der Waals surface area (Å²) in [5.41, 5.74) is -1.07. The second kappa shape index (κ2) is 8.50. The Bertz CT molecular complexity index is 835. The van der Waals surface area contributed by atoms with E-state index in [9.17, 15) is 18.0 Å². The Morgan fingerprint density at radius 2 is 1.68 bits per heavy atom. The summed E-state index contributed by atoms with van der Waals surface area (Å²) < 4.78 is 59.5. The maximum atomic E-state index is 13.1. The fourth-order valence-corrected chi connectivity index (χ4v) is 2.12. The predicted octanol–water partition coefficient (Wildman–Crippen LogP) is 2.73. The van der Waals surface area contributed by atoms with Crippen LogP contribution in [0.25, 0.3) is 0 Å². The van der Waals surface area contributed by atoms with Gasteiger partial charge >= 0.3 is 12.1 Å². The zero-order valence-corrected chi connectivity index (χ0v) is 15.0. The first kappa shape index (κ1) is 20.9. The third kappa shape index (κ3) is 5.05. The molecule has 0 fully saturated rings. The van der Waals surface area contributed by atoms with Crippen LogP contribution in [0.3, 0.4) is 0 Å². The van der Waals surface area contributed by atoms with Crippen molar-refractivity contribution < 1.29 is 42.0 Å². The molecular weight excluding hydrogens is 387 g/mol. The molecule has 152 valence electrons. The van der Waals surface area contributed by atoms with Crippen LogP contribution in [0, 0.1) is 0 Å². The van der Waals surface area contributed by atoms with E-state index in [4.69, 9.17) is 24.1 Å². The Balaban J connectivity index is 2.44. The van der Waals surface area contributed by atoms with E-state index >= 15 is 0 Å². The lowest BCUT2D eigenvalue weighted by Gasteiger charge is -2.15. The van der Waals surface area contributed by atoms with Gasteiger partial charge in [-0.05, 0) is 0 Å². The molecule has 0 aliphatic carbocycles. The van der Waals surface area contributed by atoms with E-state index in [0.717, 1.165) is 0 Å². The highest BCUT2D eigenvalue weighted by atomic mass is 19.4. The highest BCUT2D eigenvalue weighted by Crippen LogP contribution is 2.40. The number of rotatable bonds is 8. The van der Waals surface area contributed by atoms with E-state index in [1.165, 1.54) is 33.5 Å². The number of nitrogens with one attached hydrogen (secondary N) is 1. The maximum absolute atomic E-state index is 13.1. The van der Waals surface area contributed by atoms with Gasteiger partial charge in [0, 0.05) is 23.9 Å². The van der Waals surface area contributed by atoms with Crippen LogP contribution >= 0.6 is 0 Å². The van der Waals surface area contributed by atoms with Crippen LogP contribution < -0.4 is 24.3 Å². The number of nitrogens with zero attached hydrogens (tertiary/aromatic N) is 2. The molecule has 0 spiro atoms. The summed E-state index contributed by atoms with van der Waals surface area (Å²) in [7, 11) is 4.15. The molecule has 0 amide bonds. The second-order valence-corrected chi connectivity index (χ2v) is 5.13. The van der Waals surface area contributed by atoms with Crippen molar-refractivity contribution in [2.45, 2.75) is 6.18 Å². The normalized spacial score (nSPS) is 10.9. The molecule has 2 N–H and O–H groups in total. The molecule has 2 aromatic rings. The number of methoxy groups -OCH3 is 3. The van der Waals surface area contributed by atoms with Gasteiger partial charge in [0.05, 0.1) is 21.3 Å². The molecule has 0 radical (unpaired) electrons. The number of hydrogen-bond acceptors (Lipinski definition) is 8. The molecule has 0 unspecified atom stereocenters. The summed E-state index contributed by atoms with van der Waals surface area (Å²) in [5.74, 6) is -1.61. The number of carboxylic acid groups (broad SMARTS) is 1. The Hall–Kier alpha value is -3.44. The minimum absolute atomic E-state index is 0.234. The molecule has 1 heterocycles. The van der Waals surface area contributed by atoms with Crippen molar-refractivity contribution in [3.63, 3.8) is 0 Å². The summed E-state index contributed by atoms with van der Waals surface area (Å²) in [4.78, 5) is 17.7. The third-order valence-corrected chi connectivity index (χ3v) is 3.26. The number of alkyl halides is 3. The average molecular weight is 403 g/mol. The number of carboxylic acids is 1. The molecular formula is C16H16F3N3O6. The zero-order chi connectivity index (χ0) is 20.9. The summed E-state index contributed by atoms with van der Waals surface area (Å²) in [6.45, 7) is -0.863. The average Bonchev–Trinajstić information content (AvgIpc) is 2.64. The van der Waals surface area contributed by atoms with Gasteiger partial charge in [-0.2, -0.15) is 18.2 Å². The van der Waals surface area contributed by atoms with Gasteiger partial charge in [0.15, 0.2) is 23.8 Å². The summed E-state index contributed by atoms with van der Waals surface area (Å²) >= 11 is 0. The monoisotopic (exact) mass is 403 g/mol. The fourth-order valence-electron chi connectivity index (χ4n) is 2.12. The number of benzene rings is 1. The molecule has 9 nitrogen and oxygen atoms in total. The molecule has 12 heteroatoms. The summed E-state index contributed by atoms with van der Waals surface area (Å²) in [6.07, 6.45) is -4.80. The summed E-state index contributed by atoms with van der Waals surface area (Å²) in [5, 5.41) is 11.2. The number of anilines is 2. The van der Waals surface area contributed by atoms with Crippen LogP contribution in [0.2, 0.25) is 0 Å². The van der Waals surface area contributed by atoms with Gasteiger partial charge in [0.1, 0.15) is 0 Å². The quantitative estimate of drug-likeness (QED) is 0.687. The minimum atomic E-state index is -4.80. The van der Waals surface area contributed by atoms with E-state index in [1.54, 1.807) is 0 Å². The van der Waals surface area contributed by atoms with E-state index in [-0.39, 0.29) is 22.9 Å². The van der Waals surface area contributed by atoms with Crippen molar-refractivity contribution in [3.05, 3.63) is 23.9 Å². The predicted molar refractivity (Wildman–Crippen MR) is 89.5 cm³/mol. The molecule has 0 saturated carbocycles. The Morgan fingerprint density at radius 3 is 2.14 bits per heavy atom. The van der Waals surface area contributed by atoms with Crippen molar-refractivity contribution in [3.8, 4) is 23.1 Å². The Labute approximate surface area is 157 Å². The SMILES string of the molecule is COc1cc(Nc2nc(OCC(=O)O)cc(C(F)(F)F)n2)cc(OC)c1OC. The first-order valence-corrected chi connectivity index (χ1v) is 7.55. The van der Waals surface area contributed by atoms with Gasteiger partial charge in [-0.3, -0.25) is 0 Å². The minimum Gasteiger partial charge on any atom is -0.493 e. The van der Waals surface area contributed by atoms with Crippen LogP contribution in [0.4, 0.5) is 24.8 Å². The molecule has 28 heavy (non-hydrogen) atoms. The van der Waals surface area contributed by atoms with Gasteiger partial charge in [0.25, 0.3) is 0 Å². The number of halogens is 3. The van der Waals surface area contributed by atoms with Gasteiger partial charge in [-0.25, -0.2) is 9.78 Å². The topological polar surface area (TPSA) is 112 Å². The first-order chi connectivity index (χ1) is 13.2. The molecule has 0 aliphatic rings. The lowest BCUT2D eigenvalue weighted by Crippen LogP contribution is -2.14. The van der Waals surface area contributed by atoms with Crippen LogP contribution in [-0.2, 0) is 11.0 Å². The number of ether oxygens (including phenoxy) is 4. The maximum Gasteiger partial charge on any atom is 0.433 e. The van der Waals surface area contributed by atoms with Crippen LogP contribution in [0.1, 0.15) is 5.69 Å². The van der Waals surface area contributed by atoms with E-state index < -0.39 is 36.3 Å². The standard InChI is InChI=1S/C16H16F3N3O6/c1-25-9-4-8(5-10(26-2)14(9)27-3)20-15-21-11(16(17,18)19)6-12(22-15)28-7-13(23)24/h4-6H,7H2,1-3H3,(H,23,24)(H,20,21,22).